The molecule has 0 bridgehead atoms. The van der Waals surface area contributed by atoms with E-state index in [1.165, 1.54) is 23.8 Å². The van der Waals surface area contributed by atoms with E-state index in [4.69, 9.17) is 18.6 Å². The average molecular weight is 576 g/mol. The number of benzene rings is 2. The second-order valence-electron chi connectivity index (χ2n) is 8.90. The van der Waals surface area contributed by atoms with E-state index in [-0.39, 0.29) is 23.5 Å². The molecule has 0 N–H and O–H groups in total. The molecule has 0 aliphatic carbocycles. The number of furan rings is 1. The summed E-state index contributed by atoms with van der Waals surface area (Å²) in [6, 6.07) is 16.6. The van der Waals surface area contributed by atoms with Gasteiger partial charge in [0.1, 0.15) is 23.3 Å². The Hall–Kier alpha value is -4.97. The van der Waals surface area contributed by atoms with Gasteiger partial charge >= 0.3 is 11.9 Å². The Morgan fingerprint density at radius 1 is 1.17 bits per heavy atom. The van der Waals surface area contributed by atoms with Crippen LogP contribution in [0.1, 0.15) is 36.8 Å². The van der Waals surface area contributed by atoms with Gasteiger partial charge in [-0.05, 0) is 49.2 Å². The third-order valence-electron chi connectivity index (χ3n) is 6.32. The van der Waals surface area contributed by atoms with E-state index in [1.807, 2.05) is 30.3 Å². The van der Waals surface area contributed by atoms with E-state index in [0.717, 1.165) is 16.9 Å². The van der Waals surface area contributed by atoms with Crippen molar-refractivity contribution in [2.75, 3.05) is 13.7 Å². The molecular formula is C29H25N3O8S. The minimum absolute atomic E-state index is 0.0663. The topological polar surface area (TPSA) is 135 Å². The van der Waals surface area contributed by atoms with Gasteiger partial charge in [-0.15, -0.1) is 0 Å². The molecule has 12 heteroatoms. The molecule has 11 nitrogen and oxygen atoms in total. The zero-order valence-electron chi connectivity index (χ0n) is 22.4. The third kappa shape index (κ3) is 5.54. The molecule has 1 aliphatic rings. The molecule has 0 radical (unpaired) electrons. The lowest BCUT2D eigenvalue weighted by Gasteiger charge is -2.20. The summed E-state index contributed by atoms with van der Waals surface area (Å²) in [4.78, 5) is 41.8. The number of methoxy groups -OCH3 is 1. The van der Waals surface area contributed by atoms with E-state index in [2.05, 4.69) is 4.99 Å². The number of carbonyl (C=O) groups is 1. The van der Waals surface area contributed by atoms with Gasteiger partial charge in [0.15, 0.2) is 16.3 Å². The highest BCUT2D eigenvalue weighted by Crippen LogP contribution is 2.35. The van der Waals surface area contributed by atoms with Crippen molar-refractivity contribution in [2.45, 2.75) is 26.5 Å². The zero-order chi connectivity index (χ0) is 29.1. The van der Waals surface area contributed by atoms with Crippen molar-refractivity contribution in [3.8, 4) is 11.5 Å². The first-order valence-electron chi connectivity index (χ1n) is 12.6. The summed E-state index contributed by atoms with van der Waals surface area (Å²) in [5.41, 5.74) is 1.70. The molecule has 0 amide bonds. The quantitative estimate of drug-likeness (QED) is 0.166. The van der Waals surface area contributed by atoms with Gasteiger partial charge < -0.3 is 18.6 Å². The summed E-state index contributed by atoms with van der Waals surface area (Å²) in [6.45, 7) is 3.73. The van der Waals surface area contributed by atoms with Crippen molar-refractivity contribution in [1.82, 2.24) is 4.57 Å². The van der Waals surface area contributed by atoms with Crippen LogP contribution < -0.4 is 24.4 Å². The number of aromatic nitrogens is 1. The lowest BCUT2D eigenvalue weighted by molar-refractivity contribution is -0.402. The summed E-state index contributed by atoms with van der Waals surface area (Å²) >= 11 is 1.12. The number of hydrogen-bond donors (Lipinski definition) is 0. The summed E-state index contributed by atoms with van der Waals surface area (Å²) in [5, 5.41) is 11.2. The fraction of sp³-hybridized carbons (Fsp3) is 0.207. The third-order valence-corrected chi connectivity index (χ3v) is 7.31. The number of hydrogen-bond acceptors (Lipinski definition) is 10. The number of ether oxygens (including phenoxy) is 3. The van der Waals surface area contributed by atoms with Crippen LogP contribution in [-0.2, 0) is 16.1 Å². The smallest absolute Gasteiger partial charge is 0.433 e. The molecule has 2 aromatic heterocycles. The minimum Gasteiger partial charge on any atom is -0.493 e. The highest BCUT2D eigenvalue weighted by Gasteiger charge is 2.34. The van der Waals surface area contributed by atoms with Crippen molar-refractivity contribution in [3.05, 3.63) is 113 Å². The second-order valence-corrected chi connectivity index (χ2v) is 9.91. The predicted molar refractivity (Wildman–Crippen MR) is 150 cm³/mol. The molecule has 0 spiro atoms. The maximum Gasteiger partial charge on any atom is 0.433 e. The number of esters is 1. The monoisotopic (exact) mass is 575 g/mol. The van der Waals surface area contributed by atoms with E-state index in [9.17, 15) is 19.7 Å². The maximum atomic E-state index is 13.5. The first kappa shape index (κ1) is 27.6. The molecule has 1 aliphatic heterocycles. The van der Waals surface area contributed by atoms with Gasteiger partial charge in [0, 0.05) is 5.70 Å². The number of nitro groups is 1. The van der Waals surface area contributed by atoms with E-state index in [1.54, 1.807) is 38.1 Å². The Kier molecular flexibility index (Phi) is 7.83. The van der Waals surface area contributed by atoms with Gasteiger partial charge in [0.05, 0.1) is 29.9 Å². The van der Waals surface area contributed by atoms with Gasteiger partial charge in [0.2, 0.25) is 0 Å². The lowest BCUT2D eigenvalue weighted by Crippen LogP contribution is -2.35. The minimum atomic E-state index is -1.02. The largest absolute Gasteiger partial charge is 0.493 e. The summed E-state index contributed by atoms with van der Waals surface area (Å²) < 4.78 is 23.7. The standard InChI is InChI=1S/C29H25N3O8S/c1-4-38-28(34)25-17(2)31-27(33)23(41-29(31)30-26(25)21-12-13-24(40-21)32(35)36)15-19-10-11-20(22(14-19)37-3)39-16-18-8-6-5-7-9-18/h5-15,26H,4,16H2,1-3H3/b23-15-/t26-/m1/s1. The Morgan fingerprint density at radius 3 is 2.63 bits per heavy atom. The molecule has 210 valence electrons. The van der Waals surface area contributed by atoms with Gasteiger partial charge in [-0.1, -0.05) is 47.7 Å². The van der Waals surface area contributed by atoms with Gasteiger partial charge in [-0.2, -0.15) is 0 Å². The van der Waals surface area contributed by atoms with E-state index >= 15 is 0 Å². The zero-order valence-corrected chi connectivity index (χ0v) is 23.2. The number of carbonyl (C=O) groups excluding carboxylic acids is 1. The van der Waals surface area contributed by atoms with Crippen LogP contribution >= 0.6 is 11.3 Å². The van der Waals surface area contributed by atoms with Crippen molar-refractivity contribution in [1.29, 1.82) is 0 Å². The van der Waals surface area contributed by atoms with Crippen molar-refractivity contribution in [3.63, 3.8) is 0 Å². The fourth-order valence-electron chi connectivity index (χ4n) is 4.39. The molecule has 1 atom stereocenters. The summed E-state index contributed by atoms with van der Waals surface area (Å²) in [7, 11) is 1.54. The Morgan fingerprint density at radius 2 is 1.95 bits per heavy atom. The first-order chi connectivity index (χ1) is 19.8. The number of fused-ring (bicyclic) bond motifs is 1. The molecule has 4 aromatic rings. The van der Waals surface area contributed by atoms with Crippen LogP contribution in [0.25, 0.3) is 11.8 Å². The molecule has 3 heterocycles. The van der Waals surface area contributed by atoms with Crippen LogP contribution in [0.2, 0.25) is 0 Å². The number of thiazole rings is 1. The highest BCUT2D eigenvalue weighted by molar-refractivity contribution is 7.07. The van der Waals surface area contributed by atoms with Crippen LogP contribution in [0.15, 0.2) is 80.4 Å². The molecule has 0 unspecified atom stereocenters. The van der Waals surface area contributed by atoms with Gasteiger partial charge in [0.25, 0.3) is 5.56 Å². The molecule has 0 saturated heterocycles. The van der Waals surface area contributed by atoms with E-state index < -0.39 is 22.8 Å². The molecular weight excluding hydrogens is 550 g/mol. The molecule has 0 saturated carbocycles. The lowest BCUT2D eigenvalue weighted by atomic mass is 10.0. The summed E-state index contributed by atoms with van der Waals surface area (Å²) in [6.07, 6.45) is 1.70. The Balaban J connectivity index is 1.55. The van der Waals surface area contributed by atoms with Crippen molar-refractivity contribution < 1.29 is 28.3 Å². The molecule has 2 aromatic carbocycles. The normalized spacial score (nSPS) is 14.8. The maximum absolute atomic E-state index is 13.5. The van der Waals surface area contributed by atoms with Crippen molar-refractivity contribution >= 4 is 35.0 Å². The first-order valence-corrected chi connectivity index (χ1v) is 13.4. The number of nitrogens with zero attached hydrogens (tertiary/aromatic N) is 3. The molecule has 41 heavy (non-hydrogen) atoms. The Bertz CT molecular complexity index is 1840. The highest BCUT2D eigenvalue weighted by atomic mass is 32.1. The SMILES string of the molecule is CCOC(=O)C1=C(C)n2c(s/c(=C\c3ccc(OCc4ccccc4)c(OC)c3)c2=O)=N[C@@H]1c1ccc([N+](=O)[O-])o1. The van der Waals surface area contributed by atoms with E-state index in [0.29, 0.717) is 38.7 Å². The average Bonchev–Trinajstić information content (AvgIpc) is 3.58. The molecule has 0 fully saturated rings. The Labute approximate surface area is 237 Å². The molecule has 5 rings (SSSR count). The van der Waals surface area contributed by atoms with Gasteiger partial charge in [-0.25, -0.2) is 9.79 Å². The number of rotatable bonds is 9. The predicted octanol–water partition coefficient (Wildman–Crippen LogP) is 4.00. The van der Waals surface area contributed by atoms with Crippen LogP contribution in [0.5, 0.6) is 11.5 Å². The van der Waals surface area contributed by atoms with Gasteiger partial charge in [-0.3, -0.25) is 19.5 Å². The number of allylic oxidation sites excluding steroid dienone is 1. The van der Waals surface area contributed by atoms with Crippen molar-refractivity contribution in [2.24, 2.45) is 4.99 Å². The summed E-state index contributed by atoms with van der Waals surface area (Å²) in [5.74, 6) is -0.0280. The second kappa shape index (κ2) is 11.6. The van der Waals surface area contributed by atoms with Crippen LogP contribution in [0.3, 0.4) is 0 Å². The fourth-order valence-corrected chi connectivity index (χ4v) is 5.43. The van der Waals surface area contributed by atoms with Crippen LogP contribution in [0, 0.1) is 10.1 Å². The van der Waals surface area contributed by atoms with Crippen LogP contribution in [-0.4, -0.2) is 29.2 Å². The van der Waals surface area contributed by atoms with Crippen LogP contribution in [0.4, 0.5) is 5.88 Å².